The zero-order valence-corrected chi connectivity index (χ0v) is 18.4. The van der Waals surface area contributed by atoms with E-state index in [0.717, 1.165) is 5.69 Å². The van der Waals surface area contributed by atoms with Crippen LogP contribution in [0.4, 0.5) is 4.39 Å². The molecule has 0 amide bonds. The molecule has 1 aliphatic rings. The molecule has 0 bridgehead atoms. The van der Waals surface area contributed by atoms with E-state index in [2.05, 4.69) is 5.10 Å². The van der Waals surface area contributed by atoms with Crippen molar-refractivity contribution in [1.29, 1.82) is 0 Å². The third-order valence-corrected chi connectivity index (χ3v) is 5.58. The van der Waals surface area contributed by atoms with Crippen LogP contribution in [0.25, 0.3) is 23.0 Å². The number of aryl methyl sites for hydroxylation is 1. The number of carbonyl (C=O) groups is 2. The normalized spacial score (nSPS) is 13.6. The lowest BCUT2D eigenvalue weighted by Crippen LogP contribution is -2.03. The number of aromatic nitrogens is 2. The van der Waals surface area contributed by atoms with Crippen LogP contribution in [0.5, 0.6) is 5.75 Å². The second-order valence-electron chi connectivity index (χ2n) is 7.82. The second-order valence-corrected chi connectivity index (χ2v) is 7.82. The fourth-order valence-electron chi connectivity index (χ4n) is 3.75. The monoisotopic (exact) mass is 454 g/mol. The number of Topliss-reactive ketones (excluding diaryl/α,β-unsaturated/α-hetero) is 1. The van der Waals surface area contributed by atoms with Crippen LogP contribution in [-0.4, -0.2) is 28.6 Å². The zero-order valence-electron chi connectivity index (χ0n) is 18.4. The summed E-state index contributed by atoms with van der Waals surface area (Å²) >= 11 is 0. The SMILES string of the molecule is COC(=O)c1ccc2c(c1)C(=O)C(=Cc1cn(-c3ccccc3)nc1-c1ccc(C)c(F)c1)O2. The summed E-state index contributed by atoms with van der Waals surface area (Å²) < 4.78 is 26.5. The molecule has 0 unspecified atom stereocenters. The Morgan fingerprint density at radius 1 is 1.09 bits per heavy atom. The Morgan fingerprint density at radius 2 is 1.88 bits per heavy atom. The van der Waals surface area contributed by atoms with Crippen molar-refractivity contribution in [2.24, 2.45) is 0 Å². The molecular formula is C27H19FN2O4. The van der Waals surface area contributed by atoms with Gasteiger partial charge in [0.05, 0.1) is 23.9 Å². The maximum absolute atomic E-state index is 14.3. The highest BCUT2D eigenvalue weighted by Gasteiger charge is 2.29. The highest BCUT2D eigenvalue weighted by Crippen LogP contribution is 2.34. The van der Waals surface area contributed by atoms with Crippen LogP contribution in [-0.2, 0) is 4.74 Å². The average Bonchev–Trinajstić information content (AvgIpc) is 3.42. The molecule has 3 aromatic carbocycles. The fourth-order valence-corrected chi connectivity index (χ4v) is 3.75. The van der Waals surface area contributed by atoms with Gasteiger partial charge in [0.2, 0.25) is 5.78 Å². The number of para-hydroxylation sites is 1. The van der Waals surface area contributed by atoms with Gasteiger partial charge in [0.15, 0.2) is 5.76 Å². The van der Waals surface area contributed by atoms with Crippen molar-refractivity contribution in [3.8, 4) is 22.7 Å². The molecule has 0 N–H and O–H groups in total. The molecule has 1 aromatic heterocycles. The minimum atomic E-state index is -0.541. The molecule has 0 aliphatic carbocycles. The maximum Gasteiger partial charge on any atom is 0.337 e. The second kappa shape index (κ2) is 8.44. The number of fused-ring (bicyclic) bond motifs is 1. The van der Waals surface area contributed by atoms with Gasteiger partial charge >= 0.3 is 5.97 Å². The quantitative estimate of drug-likeness (QED) is 0.305. The Labute approximate surface area is 194 Å². The van der Waals surface area contributed by atoms with Gasteiger partial charge in [-0.3, -0.25) is 4.79 Å². The summed E-state index contributed by atoms with van der Waals surface area (Å²) in [6.45, 7) is 1.69. The first-order chi connectivity index (χ1) is 16.4. The van der Waals surface area contributed by atoms with E-state index in [1.165, 1.54) is 25.3 Å². The van der Waals surface area contributed by atoms with E-state index in [-0.39, 0.29) is 28.5 Å². The Bertz CT molecular complexity index is 1470. The van der Waals surface area contributed by atoms with Crippen molar-refractivity contribution in [1.82, 2.24) is 9.78 Å². The summed E-state index contributed by atoms with van der Waals surface area (Å²) in [5.41, 5.74) is 3.51. The zero-order chi connectivity index (χ0) is 23.8. The van der Waals surface area contributed by atoms with Crippen molar-refractivity contribution < 1.29 is 23.5 Å². The highest BCUT2D eigenvalue weighted by molar-refractivity contribution is 6.15. The minimum Gasteiger partial charge on any atom is -0.465 e. The van der Waals surface area contributed by atoms with Crippen LogP contribution >= 0.6 is 0 Å². The van der Waals surface area contributed by atoms with Crippen molar-refractivity contribution in [2.45, 2.75) is 6.92 Å². The summed E-state index contributed by atoms with van der Waals surface area (Å²) in [6.07, 6.45) is 3.34. The average molecular weight is 454 g/mol. The molecule has 5 rings (SSSR count). The van der Waals surface area contributed by atoms with Crippen LogP contribution in [0.2, 0.25) is 0 Å². The number of rotatable bonds is 4. The molecule has 0 spiro atoms. The number of benzene rings is 3. The number of ether oxygens (including phenoxy) is 2. The molecule has 7 heteroatoms. The third kappa shape index (κ3) is 3.77. The van der Waals surface area contributed by atoms with E-state index in [1.54, 1.807) is 42.1 Å². The third-order valence-electron chi connectivity index (χ3n) is 5.58. The first-order valence-electron chi connectivity index (χ1n) is 10.5. The number of esters is 1. The first-order valence-corrected chi connectivity index (χ1v) is 10.5. The molecule has 2 heterocycles. The largest absolute Gasteiger partial charge is 0.465 e. The van der Waals surface area contributed by atoms with Gasteiger partial charge in [-0.25, -0.2) is 13.9 Å². The molecule has 0 saturated heterocycles. The smallest absolute Gasteiger partial charge is 0.337 e. The van der Waals surface area contributed by atoms with Crippen molar-refractivity contribution in [2.75, 3.05) is 7.11 Å². The Kier molecular flexibility index (Phi) is 5.30. The van der Waals surface area contributed by atoms with Crippen LogP contribution in [0, 0.1) is 12.7 Å². The summed E-state index contributed by atoms with van der Waals surface area (Å²) in [5, 5.41) is 4.66. The van der Waals surface area contributed by atoms with Crippen LogP contribution in [0.3, 0.4) is 0 Å². The van der Waals surface area contributed by atoms with E-state index < -0.39 is 5.97 Å². The highest BCUT2D eigenvalue weighted by atomic mass is 19.1. The summed E-state index contributed by atoms with van der Waals surface area (Å²) in [4.78, 5) is 24.9. The van der Waals surface area contributed by atoms with Crippen molar-refractivity contribution >= 4 is 17.8 Å². The lowest BCUT2D eigenvalue weighted by molar-refractivity contribution is 0.0600. The molecule has 0 atom stereocenters. The molecular weight excluding hydrogens is 435 g/mol. The number of halogens is 1. The first kappa shape index (κ1) is 21.3. The number of hydrogen-bond donors (Lipinski definition) is 0. The number of ketones is 1. The Balaban J connectivity index is 1.60. The molecule has 0 radical (unpaired) electrons. The van der Waals surface area contributed by atoms with Gasteiger partial charge in [-0.1, -0.05) is 30.3 Å². The van der Waals surface area contributed by atoms with Gasteiger partial charge in [0.25, 0.3) is 0 Å². The molecule has 4 aromatic rings. The molecule has 34 heavy (non-hydrogen) atoms. The molecule has 6 nitrogen and oxygen atoms in total. The maximum atomic E-state index is 14.3. The van der Waals surface area contributed by atoms with Gasteiger partial charge in [-0.15, -0.1) is 0 Å². The number of methoxy groups -OCH3 is 1. The van der Waals surface area contributed by atoms with E-state index >= 15 is 0 Å². The van der Waals surface area contributed by atoms with E-state index in [9.17, 15) is 14.0 Å². The van der Waals surface area contributed by atoms with Crippen LogP contribution in [0.1, 0.15) is 31.8 Å². The van der Waals surface area contributed by atoms with Gasteiger partial charge < -0.3 is 9.47 Å². The Hall–Kier alpha value is -4.52. The van der Waals surface area contributed by atoms with E-state index in [1.807, 2.05) is 30.3 Å². The topological polar surface area (TPSA) is 70.4 Å². The van der Waals surface area contributed by atoms with Crippen molar-refractivity contribution in [3.63, 3.8) is 0 Å². The minimum absolute atomic E-state index is 0.0819. The predicted molar refractivity (Wildman–Crippen MR) is 124 cm³/mol. The summed E-state index contributed by atoms with van der Waals surface area (Å²) in [5.74, 6) is -0.822. The van der Waals surface area contributed by atoms with Gasteiger partial charge in [0, 0.05) is 17.3 Å². The lowest BCUT2D eigenvalue weighted by atomic mass is 10.0. The number of carbonyl (C=O) groups excluding carboxylic acids is 2. The van der Waals surface area contributed by atoms with Crippen LogP contribution < -0.4 is 4.74 Å². The molecule has 0 saturated carbocycles. The van der Waals surface area contributed by atoms with E-state index in [4.69, 9.17) is 9.47 Å². The van der Waals surface area contributed by atoms with Gasteiger partial charge in [0.1, 0.15) is 17.3 Å². The van der Waals surface area contributed by atoms with Gasteiger partial charge in [-0.2, -0.15) is 5.10 Å². The van der Waals surface area contributed by atoms with Crippen molar-refractivity contribution in [3.05, 3.63) is 107 Å². The fraction of sp³-hybridized carbons (Fsp3) is 0.0741. The molecule has 168 valence electrons. The molecule has 0 fully saturated rings. The standard InChI is InChI=1S/C27H19FN2O4/c1-16-8-9-17(13-22(16)28)25-19(15-30(29-25)20-6-4-3-5-7-20)14-24-26(31)21-12-18(27(32)33-2)10-11-23(21)34-24/h3-15H,1-2H3. The summed E-state index contributed by atoms with van der Waals surface area (Å²) in [7, 11) is 1.28. The van der Waals surface area contributed by atoms with Crippen LogP contribution in [0.15, 0.2) is 78.7 Å². The number of allylic oxidation sites excluding steroid dienone is 1. The predicted octanol–water partition coefficient (Wildman–Crippen LogP) is 5.39. The number of hydrogen-bond acceptors (Lipinski definition) is 5. The van der Waals surface area contributed by atoms with Gasteiger partial charge in [-0.05, 0) is 55.0 Å². The Morgan fingerprint density at radius 3 is 2.62 bits per heavy atom. The molecule has 1 aliphatic heterocycles. The van der Waals surface area contributed by atoms with E-state index in [0.29, 0.717) is 28.1 Å². The number of nitrogens with zero attached hydrogens (tertiary/aromatic N) is 2. The summed E-state index contributed by atoms with van der Waals surface area (Å²) in [6, 6.07) is 18.9. The lowest BCUT2D eigenvalue weighted by Gasteiger charge is -2.03.